The van der Waals surface area contributed by atoms with Crippen LogP contribution < -0.4 is 5.32 Å². The molecule has 1 atom stereocenters. The highest BCUT2D eigenvalue weighted by molar-refractivity contribution is 5.86. The zero-order valence-corrected chi connectivity index (χ0v) is 15.3. The van der Waals surface area contributed by atoms with E-state index in [0.717, 1.165) is 69.9 Å². The molecule has 134 valence electrons. The van der Waals surface area contributed by atoms with Gasteiger partial charge in [0.2, 0.25) is 5.91 Å². The Bertz CT molecular complexity index is 561. The summed E-state index contributed by atoms with van der Waals surface area (Å²) in [7, 11) is 2.11. The van der Waals surface area contributed by atoms with Crippen molar-refractivity contribution in [3.05, 3.63) is 23.7 Å². The first-order chi connectivity index (χ1) is 11.5. The number of likely N-dealkylation sites (N-methyl/N-ethyl adjacent to an activating group) is 1. The molecule has 1 amide bonds. The minimum Gasteiger partial charge on any atom is -0.466 e. The van der Waals surface area contributed by atoms with Crippen LogP contribution in [-0.4, -0.2) is 61.0 Å². The highest BCUT2D eigenvalue weighted by Gasteiger charge is 2.45. The number of hydrogen-bond acceptors (Lipinski definition) is 4. The summed E-state index contributed by atoms with van der Waals surface area (Å²) < 4.78 is 5.74. The van der Waals surface area contributed by atoms with Gasteiger partial charge in [0.25, 0.3) is 0 Å². The smallest absolute Gasteiger partial charge is 0.240 e. The van der Waals surface area contributed by atoms with Crippen LogP contribution in [0.2, 0.25) is 0 Å². The lowest BCUT2D eigenvalue weighted by molar-refractivity contribution is -0.134. The summed E-state index contributed by atoms with van der Waals surface area (Å²) in [6, 6.07) is 4.13. The van der Waals surface area contributed by atoms with Crippen molar-refractivity contribution in [3.63, 3.8) is 0 Å². The summed E-state index contributed by atoms with van der Waals surface area (Å²) in [6.45, 7) is 9.12. The van der Waals surface area contributed by atoms with Crippen LogP contribution in [-0.2, 0) is 4.79 Å². The molecule has 1 N–H and O–H groups in total. The Morgan fingerprint density at radius 3 is 2.71 bits per heavy atom. The summed E-state index contributed by atoms with van der Waals surface area (Å²) in [6.07, 6.45) is 4.02. The molecule has 5 nitrogen and oxygen atoms in total. The van der Waals surface area contributed by atoms with Gasteiger partial charge in [-0.3, -0.25) is 9.69 Å². The number of amides is 1. The molecule has 2 aliphatic heterocycles. The Hall–Kier alpha value is -1.33. The first-order valence-corrected chi connectivity index (χ1v) is 9.29. The van der Waals surface area contributed by atoms with Gasteiger partial charge in [-0.05, 0) is 58.3 Å². The number of likely N-dealkylation sites (tertiary alicyclic amines) is 1. The van der Waals surface area contributed by atoms with E-state index in [1.54, 1.807) is 0 Å². The maximum Gasteiger partial charge on any atom is 0.240 e. The number of hydrogen-bond donors (Lipinski definition) is 1. The molecule has 2 fully saturated rings. The van der Waals surface area contributed by atoms with Crippen LogP contribution in [0.25, 0.3) is 0 Å². The first-order valence-electron chi connectivity index (χ1n) is 9.29. The molecule has 0 unspecified atom stereocenters. The van der Waals surface area contributed by atoms with Crippen LogP contribution in [0.4, 0.5) is 0 Å². The third kappa shape index (κ3) is 3.52. The number of carbonyl (C=O) groups is 1. The van der Waals surface area contributed by atoms with Crippen LogP contribution in [0.3, 0.4) is 0 Å². The zero-order chi connectivity index (χ0) is 17.2. The Balaban J connectivity index is 1.52. The molecule has 2 aliphatic rings. The number of furan rings is 1. The number of piperidine rings is 1. The molecule has 3 heterocycles. The average molecular weight is 333 g/mol. The van der Waals surface area contributed by atoms with Crippen molar-refractivity contribution >= 4 is 5.91 Å². The molecule has 1 spiro atoms. The normalized spacial score (nSPS) is 23.9. The SMILES string of the molecule is Cc1ccc([C@H](C)CCN2CCC3(CC2)C(=O)NCCCN3C)o1. The molecule has 2 saturated heterocycles. The van der Waals surface area contributed by atoms with Gasteiger partial charge in [-0.2, -0.15) is 0 Å². The van der Waals surface area contributed by atoms with Crippen molar-refractivity contribution in [3.8, 4) is 0 Å². The van der Waals surface area contributed by atoms with Crippen LogP contribution in [0.15, 0.2) is 16.5 Å². The summed E-state index contributed by atoms with van der Waals surface area (Å²) >= 11 is 0. The van der Waals surface area contributed by atoms with Gasteiger partial charge in [-0.25, -0.2) is 0 Å². The van der Waals surface area contributed by atoms with Crippen LogP contribution in [0, 0.1) is 6.92 Å². The molecular weight excluding hydrogens is 302 g/mol. The molecule has 0 radical (unpaired) electrons. The Morgan fingerprint density at radius 2 is 2.04 bits per heavy atom. The van der Waals surface area contributed by atoms with Crippen molar-refractivity contribution < 1.29 is 9.21 Å². The van der Waals surface area contributed by atoms with E-state index >= 15 is 0 Å². The lowest BCUT2D eigenvalue weighted by Crippen LogP contribution is -2.60. The van der Waals surface area contributed by atoms with Gasteiger partial charge in [0, 0.05) is 32.1 Å². The Labute approximate surface area is 145 Å². The lowest BCUT2D eigenvalue weighted by Gasteiger charge is -2.45. The first kappa shape index (κ1) is 17.5. The van der Waals surface area contributed by atoms with Crippen LogP contribution in [0.1, 0.15) is 50.0 Å². The minimum absolute atomic E-state index is 0.238. The van der Waals surface area contributed by atoms with Gasteiger partial charge >= 0.3 is 0 Å². The monoisotopic (exact) mass is 333 g/mol. The summed E-state index contributed by atoms with van der Waals surface area (Å²) in [4.78, 5) is 17.4. The van der Waals surface area contributed by atoms with E-state index in [0.29, 0.717) is 5.92 Å². The molecule has 0 aliphatic carbocycles. The molecule has 0 bridgehead atoms. The van der Waals surface area contributed by atoms with E-state index in [1.807, 2.05) is 13.0 Å². The van der Waals surface area contributed by atoms with Gasteiger partial charge < -0.3 is 14.6 Å². The molecular formula is C19H31N3O2. The quantitative estimate of drug-likeness (QED) is 0.919. The van der Waals surface area contributed by atoms with Gasteiger partial charge in [0.1, 0.15) is 17.1 Å². The highest BCUT2D eigenvalue weighted by atomic mass is 16.3. The number of aryl methyl sites for hydroxylation is 1. The molecule has 0 aromatic carbocycles. The van der Waals surface area contributed by atoms with Crippen molar-refractivity contribution in [2.75, 3.05) is 39.8 Å². The maximum atomic E-state index is 12.6. The number of carbonyl (C=O) groups excluding carboxylic acids is 1. The largest absolute Gasteiger partial charge is 0.466 e. The number of nitrogens with zero attached hydrogens (tertiary/aromatic N) is 2. The van der Waals surface area contributed by atoms with Gasteiger partial charge in [0.15, 0.2) is 0 Å². The molecule has 0 saturated carbocycles. The van der Waals surface area contributed by atoms with E-state index in [2.05, 4.69) is 35.2 Å². The molecule has 1 aromatic heterocycles. The summed E-state index contributed by atoms with van der Waals surface area (Å²) in [5.41, 5.74) is -0.281. The van der Waals surface area contributed by atoms with Gasteiger partial charge in [-0.1, -0.05) is 6.92 Å². The fourth-order valence-electron chi connectivity index (χ4n) is 4.06. The van der Waals surface area contributed by atoms with E-state index in [1.165, 1.54) is 0 Å². The molecule has 3 rings (SSSR count). The van der Waals surface area contributed by atoms with E-state index in [4.69, 9.17) is 4.42 Å². The predicted octanol–water partition coefficient (Wildman–Crippen LogP) is 2.37. The molecule has 24 heavy (non-hydrogen) atoms. The topological polar surface area (TPSA) is 48.7 Å². The summed E-state index contributed by atoms with van der Waals surface area (Å²) in [5, 5.41) is 3.11. The fourth-order valence-corrected chi connectivity index (χ4v) is 4.06. The Kier molecular flexibility index (Phi) is 5.30. The molecule has 5 heteroatoms. The van der Waals surface area contributed by atoms with Gasteiger partial charge in [0.05, 0.1) is 0 Å². The third-order valence-corrected chi connectivity index (χ3v) is 5.92. The molecule has 1 aromatic rings. The van der Waals surface area contributed by atoms with E-state index in [-0.39, 0.29) is 11.4 Å². The van der Waals surface area contributed by atoms with Gasteiger partial charge in [-0.15, -0.1) is 0 Å². The third-order valence-electron chi connectivity index (χ3n) is 5.92. The fraction of sp³-hybridized carbons (Fsp3) is 0.737. The number of nitrogens with one attached hydrogen (secondary N) is 1. The minimum atomic E-state index is -0.281. The van der Waals surface area contributed by atoms with Crippen molar-refractivity contribution in [2.24, 2.45) is 0 Å². The average Bonchev–Trinajstić information content (AvgIpc) is 2.97. The second-order valence-electron chi connectivity index (χ2n) is 7.54. The predicted molar refractivity (Wildman–Crippen MR) is 95.1 cm³/mol. The maximum absolute atomic E-state index is 12.6. The standard InChI is InChI=1S/C19H31N3O2/c1-15(17-6-5-16(2)24-17)7-12-22-13-8-19(9-14-22)18(23)20-10-4-11-21(19)3/h5-6,15H,4,7-14H2,1-3H3,(H,20,23)/t15-/m1/s1. The van der Waals surface area contributed by atoms with E-state index in [9.17, 15) is 4.79 Å². The lowest BCUT2D eigenvalue weighted by atomic mass is 9.85. The second kappa shape index (κ2) is 7.28. The summed E-state index contributed by atoms with van der Waals surface area (Å²) in [5.74, 6) is 2.75. The van der Waals surface area contributed by atoms with E-state index < -0.39 is 0 Å². The van der Waals surface area contributed by atoms with Crippen LogP contribution in [0.5, 0.6) is 0 Å². The highest BCUT2D eigenvalue weighted by Crippen LogP contribution is 2.30. The van der Waals surface area contributed by atoms with Crippen LogP contribution >= 0.6 is 0 Å². The van der Waals surface area contributed by atoms with Crippen molar-refractivity contribution in [1.29, 1.82) is 0 Å². The van der Waals surface area contributed by atoms with Crippen molar-refractivity contribution in [2.45, 2.75) is 51.0 Å². The zero-order valence-electron chi connectivity index (χ0n) is 15.3. The second-order valence-corrected chi connectivity index (χ2v) is 7.54. The van der Waals surface area contributed by atoms with Crippen molar-refractivity contribution in [1.82, 2.24) is 15.1 Å². The Morgan fingerprint density at radius 1 is 1.29 bits per heavy atom. The number of rotatable bonds is 4.